The molecule has 0 atom stereocenters. The second-order valence-corrected chi connectivity index (χ2v) is 6.10. The molecule has 0 aliphatic carbocycles. The number of amides is 1. The zero-order chi connectivity index (χ0) is 15.6. The summed E-state index contributed by atoms with van der Waals surface area (Å²) >= 11 is 3.34. The van der Waals surface area contributed by atoms with E-state index >= 15 is 0 Å². The highest BCUT2D eigenvalue weighted by Crippen LogP contribution is 2.23. The summed E-state index contributed by atoms with van der Waals surface area (Å²) in [4.78, 5) is 12.1. The number of rotatable bonds is 3. The van der Waals surface area contributed by atoms with Gasteiger partial charge < -0.3 is 5.32 Å². The van der Waals surface area contributed by atoms with E-state index in [1.165, 1.54) is 12.1 Å². The molecule has 0 aliphatic rings. The Kier molecular flexibility index (Phi) is 4.42. The quantitative estimate of drug-likeness (QED) is 0.870. The summed E-state index contributed by atoms with van der Waals surface area (Å²) in [6.07, 6.45) is 0. The Hall–Kier alpha value is -1.75. The van der Waals surface area contributed by atoms with Crippen molar-refractivity contribution in [2.24, 2.45) is 0 Å². The van der Waals surface area contributed by atoms with Gasteiger partial charge in [-0.1, -0.05) is 34.1 Å². The summed E-state index contributed by atoms with van der Waals surface area (Å²) in [6, 6.07) is 11.0. The summed E-state index contributed by atoms with van der Waals surface area (Å²) in [5, 5.41) is 2.72. The zero-order valence-electron chi connectivity index (χ0n) is 11.6. The molecule has 1 N–H and O–H groups in total. The average Bonchev–Trinajstić information content (AvgIpc) is 2.41. The van der Waals surface area contributed by atoms with Gasteiger partial charge in [-0.25, -0.2) is 8.78 Å². The SMILES string of the molecule is CC(C)(NC(=O)c1cccc(F)c1F)c1ccc(Br)cc1. The second kappa shape index (κ2) is 5.93. The summed E-state index contributed by atoms with van der Waals surface area (Å²) < 4.78 is 27.7. The Morgan fingerprint density at radius 2 is 1.71 bits per heavy atom. The Morgan fingerprint density at radius 1 is 1.10 bits per heavy atom. The van der Waals surface area contributed by atoms with Gasteiger partial charge in [0.15, 0.2) is 11.6 Å². The molecule has 0 spiro atoms. The van der Waals surface area contributed by atoms with Crippen molar-refractivity contribution in [2.75, 3.05) is 0 Å². The van der Waals surface area contributed by atoms with Crippen molar-refractivity contribution in [3.8, 4) is 0 Å². The number of hydrogen-bond donors (Lipinski definition) is 1. The predicted octanol–water partition coefficient (Wildman–Crippen LogP) is 4.39. The Bertz CT molecular complexity index is 668. The van der Waals surface area contributed by atoms with Crippen molar-refractivity contribution in [1.82, 2.24) is 5.32 Å². The van der Waals surface area contributed by atoms with Gasteiger partial charge >= 0.3 is 0 Å². The van der Waals surface area contributed by atoms with Crippen LogP contribution in [-0.4, -0.2) is 5.91 Å². The summed E-state index contributed by atoms with van der Waals surface area (Å²) in [6.45, 7) is 3.59. The number of carbonyl (C=O) groups is 1. The second-order valence-electron chi connectivity index (χ2n) is 5.19. The lowest BCUT2D eigenvalue weighted by Gasteiger charge is -2.27. The molecular formula is C16H14BrF2NO. The molecule has 0 aliphatic heterocycles. The molecule has 2 rings (SSSR count). The molecule has 21 heavy (non-hydrogen) atoms. The summed E-state index contributed by atoms with van der Waals surface area (Å²) in [5.74, 6) is -2.83. The maximum Gasteiger partial charge on any atom is 0.255 e. The smallest absolute Gasteiger partial charge is 0.255 e. The average molecular weight is 354 g/mol. The van der Waals surface area contributed by atoms with Crippen molar-refractivity contribution in [3.05, 3.63) is 69.7 Å². The lowest BCUT2D eigenvalue weighted by molar-refractivity contribution is 0.0907. The number of halogens is 3. The Labute approximate surface area is 130 Å². The molecule has 2 aromatic carbocycles. The van der Waals surface area contributed by atoms with Gasteiger partial charge in [0.2, 0.25) is 0 Å². The van der Waals surface area contributed by atoms with Crippen LogP contribution in [0.5, 0.6) is 0 Å². The molecule has 0 fully saturated rings. The van der Waals surface area contributed by atoms with E-state index in [1.807, 2.05) is 24.3 Å². The number of hydrogen-bond acceptors (Lipinski definition) is 1. The first-order valence-corrected chi connectivity index (χ1v) is 7.13. The van der Waals surface area contributed by atoms with Gasteiger partial charge in [0.25, 0.3) is 5.91 Å². The first-order valence-electron chi connectivity index (χ1n) is 6.34. The molecule has 0 saturated heterocycles. The highest BCUT2D eigenvalue weighted by molar-refractivity contribution is 9.10. The number of benzene rings is 2. The van der Waals surface area contributed by atoms with E-state index in [-0.39, 0.29) is 5.56 Å². The first kappa shape index (κ1) is 15.6. The lowest BCUT2D eigenvalue weighted by atomic mass is 9.94. The minimum Gasteiger partial charge on any atom is -0.343 e. The molecule has 110 valence electrons. The van der Waals surface area contributed by atoms with Gasteiger partial charge in [-0.2, -0.15) is 0 Å². The van der Waals surface area contributed by atoms with Gasteiger partial charge in [0.05, 0.1) is 11.1 Å². The molecule has 1 amide bonds. The molecule has 0 bridgehead atoms. The van der Waals surface area contributed by atoms with Crippen LogP contribution in [0.3, 0.4) is 0 Å². The third kappa shape index (κ3) is 3.47. The van der Waals surface area contributed by atoms with E-state index in [9.17, 15) is 13.6 Å². The highest BCUT2D eigenvalue weighted by atomic mass is 79.9. The normalized spacial score (nSPS) is 11.3. The van der Waals surface area contributed by atoms with Crippen LogP contribution in [0.2, 0.25) is 0 Å². The molecule has 2 nitrogen and oxygen atoms in total. The standard InChI is InChI=1S/C16H14BrF2NO/c1-16(2,10-6-8-11(17)9-7-10)20-15(21)12-4-3-5-13(18)14(12)19/h3-9H,1-2H3,(H,20,21). The van der Waals surface area contributed by atoms with E-state index in [2.05, 4.69) is 21.2 Å². The summed E-state index contributed by atoms with van der Waals surface area (Å²) in [7, 11) is 0. The topological polar surface area (TPSA) is 29.1 Å². The molecule has 5 heteroatoms. The van der Waals surface area contributed by atoms with Crippen molar-refractivity contribution >= 4 is 21.8 Å². The number of carbonyl (C=O) groups excluding carboxylic acids is 1. The fraction of sp³-hybridized carbons (Fsp3) is 0.188. The zero-order valence-corrected chi connectivity index (χ0v) is 13.2. The largest absolute Gasteiger partial charge is 0.343 e. The van der Waals surface area contributed by atoms with Crippen molar-refractivity contribution in [1.29, 1.82) is 0 Å². The van der Waals surface area contributed by atoms with E-state index in [4.69, 9.17) is 0 Å². The van der Waals surface area contributed by atoms with Crippen molar-refractivity contribution in [2.45, 2.75) is 19.4 Å². The minimum atomic E-state index is -1.14. The van der Waals surface area contributed by atoms with Crippen molar-refractivity contribution < 1.29 is 13.6 Å². The van der Waals surface area contributed by atoms with Gasteiger partial charge in [0.1, 0.15) is 0 Å². The van der Waals surface area contributed by atoms with E-state index in [0.717, 1.165) is 16.1 Å². The Balaban J connectivity index is 2.25. The van der Waals surface area contributed by atoms with Crippen molar-refractivity contribution in [3.63, 3.8) is 0 Å². The van der Waals surface area contributed by atoms with E-state index in [0.29, 0.717) is 0 Å². The maximum atomic E-state index is 13.6. The molecule has 0 heterocycles. The molecular weight excluding hydrogens is 340 g/mol. The third-order valence-electron chi connectivity index (χ3n) is 3.19. The van der Waals surface area contributed by atoms with Crippen LogP contribution < -0.4 is 5.32 Å². The molecule has 0 unspecified atom stereocenters. The van der Waals surface area contributed by atoms with Crippen LogP contribution >= 0.6 is 15.9 Å². The highest BCUT2D eigenvalue weighted by Gasteiger charge is 2.25. The monoisotopic (exact) mass is 353 g/mol. The molecule has 2 aromatic rings. The molecule has 0 aromatic heterocycles. The predicted molar refractivity (Wildman–Crippen MR) is 81.0 cm³/mol. The third-order valence-corrected chi connectivity index (χ3v) is 3.72. The van der Waals surface area contributed by atoms with E-state index in [1.54, 1.807) is 13.8 Å². The summed E-state index contributed by atoms with van der Waals surface area (Å²) in [5.41, 5.74) is -0.160. The van der Waals surface area contributed by atoms with Gasteiger partial charge in [-0.3, -0.25) is 4.79 Å². The molecule has 0 radical (unpaired) electrons. The van der Waals surface area contributed by atoms with Crippen LogP contribution in [0.1, 0.15) is 29.8 Å². The van der Waals surface area contributed by atoms with Crippen LogP contribution in [0.15, 0.2) is 46.9 Å². The first-order chi connectivity index (χ1) is 9.81. The van der Waals surface area contributed by atoms with Crippen LogP contribution in [0, 0.1) is 11.6 Å². The Morgan fingerprint density at radius 3 is 2.33 bits per heavy atom. The van der Waals surface area contributed by atoms with Gasteiger partial charge in [-0.05, 0) is 43.7 Å². The lowest BCUT2D eigenvalue weighted by Crippen LogP contribution is -2.41. The van der Waals surface area contributed by atoms with Crippen LogP contribution in [0.4, 0.5) is 8.78 Å². The van der Waals surface area contributed by atoms with Gasteiger partial charge in [0, 0.05) is 4.47 Å². The van der Waals surface area contributed by atoms with Crippen LogP contribution in [0.25, 0.3) is 0 Å². The maximum absolute atomic E-state index is 13.6. The minimum absolute atomic E-state index is 0.305. The fourth-order valence-corrected chi connectivity index (χ4v) is 2.23. The number of nitrogens with one attached hydrogen (secondary N) is 1. The van der Waals surface area contributed by atoms with Crippen LogP contribution in [-0.2, 0) is 5.54 Å². The van der Waals surface area contributed by atoms with E-state index < -0.39 is 23.1 Å². The fourth-order valence-electron chi connectivity index (χ4n) is 1.97. The molecule has 0 saturated carbocycles. The van der Waals surface area contributed by atoms with Gasteiger partial charge in [-0.15, -0.1) is 0 Å².